The molecule has 3 N–H and O–H groups in total. The van der Waals surface area contributed by atoms with Gasteiger partial charge in [-0.15, -0.1) is 0 Å². The Kier molecular flexibility index (Phi) is 6.07. The summed E-state index contributed by atoms with van der Waals surface area (Å²) in [4.78, 5) is 26.0. The van der Waals surface area contributed by atoms with E-state index >= 15 is 0 Å². The number of imide groups is 1. The first-order valence-electron chi connectivity index (χ1n) is 8.34. The second-order valence-electron chi connectivity index (χ2n) is 6.32. The molecule has 0 bridgehead atoms. The Balaban J connectivity index is 1.60. The second-order valence-corrected chi connectivity index (χ2v) is 8.69. The van der Waals surface area contributed by atoms with Crippen LogP contribution in [0.1, 0.15) is 12.0 Å². The molecule has 7 nitrogen and oxygen atoms in total. The molecule has 1 aliphatic rings. The van der Waals surface area contributed by atoms with Crippen LogP contribution in [0.15, 0.2) is 47.4 Å². The molecule has 1 atom stereocenters. The maximum atomic E-state index is 12.6. The number of amides is 2. The average molecular weight is 442 g/mol. The molecule has 2 amide bonds. The fourth-order valence-electron chi connectivity index (χ4n) is 2.92. The molecule has 0 aliphatic carbocycles. The molecule has 1 aliphatic heterocycles. The van der Waals surface area contributed by atoms with Gasteiger partial charge in [0.05, 0.1) is 33.1 Å². The molecule has 1 fully saturated rings. The van der Waals surface area contributed by atoms with Gasteiger partial charge in [0.15, 0.2) is 0 Å². The van der Waals surface area contributed by atoms with Crippen LogP contribution >= 0.6 is 23.2 Å². The van der Waals surface area contributed by atoms with E-state index in [9.17, 15) is 18.0 Å². The van der Waals surface area contributed by atoms with E-state index in [2.05, 4.69) is 5.32 Å². The Morgan fingerprint density at radius 3 is 2.36 bits per heavy atom. The minimum atomic E-state index is -3.73. The van der Waals surface area contributed by atoms with E-state index in [0.29, 0.717) is 23.7 Å². The molecule has 2 aromatic rings. The number of sulfonamides is 1. The van der Waals surface area contributed by atoms with Gasteiger partial charge in [-0.3, -0.25) is 9.59 Å². The van der Waals surface area contributed by atoms with Gasteiger partial charge in [-0.05, 0) is 48.9 Å². The van der Waals surface area contributed by atoms with Crippen molar-refractivity contribution in [3.63, 3.8) is 0 Å². The second kappa shape index (κ2) is 8.18. The van der Waals surface area contributed by atoms with E-state index in [4.69, 9.17) is 28.3 Å². The minimum absolute atomic E-state index is 0.0399. The summed E-state index contributed by atoms with van der Waals surface area (Å²) >= 11 is 11.8. The Morgan fingerprint density at radius 1 is 1.07 bits per heavy atom. The van der Waals surface area contributed by atoms with Crippen LogP contribution in [-0.2, 0) is 26.0 Å². The average Bonchev–Trinajstić information content (AvgIpc) is 2.91. The van der Waals surface area contributed by atoms with Gasteiger partial charge < -0.3 is 5.32 Å². The molecular formula is C18H17Cl2N3O4S. The lowest BCUT2D eigenvalue weighted by molar-refractivity contribution is -0.121. The highest BCUT2D eigenvalue weighted by Crippen LogP contribution is 2.30. The lowest BCUT2D eigenvalue weighted by Crippen LogP contribution is -2.39. The topological polar surface area (TPSA) is 110 Å². The maximum absolute atomic E-state index is 12.6. The van der Waals surface area contributed by atoms with Gasteiger partial charge in [0.25, 0.3) is 5.91 Å². The zero-order chi connectivity index (χ0) is 20.5. The monoisotopic (exact) mass is 441 g/mol. The van der Waals surface area contributed by atoms with Crippen molar-refractivity contribution in [1.82, 2.24) is 5.32 Å². The molecule has 1 saturated heterocycles. The van der Waals surface area contributed by atoms with Crippen LogP contribution in [-0.4, -0.2) is 32.8 Å². The zero-order valence-electron chi connectivity index (χ0n) is 14.6. The number of hydrogen-bond donors (Lipinski definition) is 2. The predicted octanol–water partition coefficient (Wildman–Crippen LogP) is 2.11. The smallest absolute Gasteiger partial charge is 0.251 e. The molecule has 148 valence electrons. The minimum Gasteiger partial charge on any atom is -0.305 e. The van der Waals surface area contributed by atoms with E-state index < -0.39 is 16.1 Å². The van der Waals surface area contributed by atoms with E-state index in [1.165, 1.54) is 24.3 Å². The quantitative estimate of drug-likeness (QED) is 0.666. The first kappa shape index (κ1) is 20.8. The SMILES string of the molecule is NS(=O)(=O)c1ccc(CCN[C@H]2CC(=O)N(c3ccc(Cl)c(Cl)c3)C2=O)cc1. The summed E-state index contributed by atoms with van der Waals surface area (Å²) in [5.41, 5.74) is 1.25. The summed E-state index contributed by atoms with van der Waals surface area (Å²) in [5.74, 6) is -0.675. The van der Waals surface area contributed by atoms with Crippen molar-refractivity contribution in [3.8, 4) is 0 Å². The molecule has 0 unspecified atom stereocenters. The summed E-state index contributed by atoms with van der Waals surface area (Å²) in [6.45, 7) is 0.438. The van der Waals surface area contributed by atoms with Gasteiger partial charge in [-0.2, -0.15) is 0 Å². The van der Waals surface area contributed by atoms with Crippen LogP contribution in [0.5, 0.6) is 0 Å². The summed E-state index contributed by atoms with van der Waals surface area (Å²) in [6.07, 6.45) is 0.596. The van der Waals surface area contributed by atoms with E-state index in [-0.39, 0.29) is 28.2 Å². The number of nitrogens with zero attached hydrogens (tertiary/aromatic N) is 1. The first-order valence-corrected chi connectivity index (χ1v) is 10.6. The van der Waals surface area contributed by atoms with Crippen LogP contribution in [0, 0.1) is 0 Å². The highest BCUT2D eigenvalue weighted by Gasteiger charge is 2.39. The number of nitrogens with two attached hydrogens (primary N) is 1. The lowest BCUT2D eigenvalue weighted by atomic mass is 10.1. The largest absolute Gasteiger partial charge is 0.305 e. The number of hydrogen-bond acceptors (Lipinski definition) is 5. The van der Waals surface area contributed by atoms with Crippen LogP contribution in [0.25, 0.3) is 0 Å². The van der Waals surface area contributed by atoms with Gasteiger partial charge in [-0.1, -0.05) is 35.3 Å². The van der Waals surface area contributed by atoms with Gasteiger partial charge in [-0.25, -0.2) is 18.5 Å². The lowest BCUT2D eigenvalue weighted by Gasteiger charge is -2.16. The van der Waals surface area contributed by atoms with Gasteiger partial charge in [0.2, 0.25) is 15.9 Å². The highest BCUT2D eigenvalue weighted by atomic mass is 35.5. The molecule has 10 heteroatoms. The number of primary sulfonamides is 1. The molecule has 3 rings (SSSR count). The number of anilines is 1. The number of rotatable bonds is 6. The van der Waals surface area contributed by atoms with E-state index in [1.54, 1.807) is 18.2 Å². The van der Waals surface area contributed by atoms with Crippen LogP contribution in [0.3, 0.4) is 0 Å². The zero-order valence-corrected chi connectivity index (χ0v) is 16.9. The molecular weight excluding hydrogens is 425 g/mol. The van der Waals surface area contributed by atoms with Crippen molar-refractivity contribution in [1.29, 1.82) is 0 Å². The van der Waals surface area contributed by atoms with Crippen LogP contribution in [0.4, 0.5) is 5.69 Å². The number of nitrogens with one attached hydrogen (secondary N) is 1. The highest BCUT2D eigenvalue weighted by molar-refractivity contribution is 7.89. The summed E-state index contributed by atoms with van der Waals surface area (Å²) < 4.78 is 22.5. The first-order chi connectivity index (χ1) is 13.2. The van der Waals surface area contributed by atoms with Crippen molar-refractivity contribution in [2.75, 3.05) is 11.4 Å². The molecule has 2 aromatic carbocycles. The third kappa shape index (κ3) is 4.53. The van der Waals surface area contributed by atoms with Crippen molar-refractivity contribution < 1.29 is 18.0 Å². The molecule has 0 saturated carbocycles. The van der Waals surface area contributed by atoms with Crippen molar-refractivity contribution in [2.45, 2.75) is 23.8 Å². The third-order valence-electron chi connectivity index (χ3n) is 4.36. The van der Waals surface area contributed by atoms with Crippen LogP contribution < -0.4 is 15.4 Å². The number of benzene rings is 2. The number of carbonyl (C=O) groups excluding carboxylic acids is 2. The maximum Gasteiger partial charge on any atom is 0.251 e. The molecule has 0 radical (unpaired) electrons. The Hall–Kier alpha value is -1.97. The normalized spacial score (nSPS) is 17.4. The fourth-order valence-corrected chi connectivity index (χ4v) is 3.73. The summed E-state index contributed by atoms with van der Waals surface area (Å²) in [5, 5.41) is 8.74. The third-order valence-corrected chi connectivity index (χ3v) is 6.03. The van der Waals surface area contributed by atoms with Crippen LogP contribution in [0.2, 0.25) is 10.0 Å². The van der Waals surface area contributed by atoms with E-state index in [0.717, 1.165) is 10.5 Å². The molecule has 28 heavy (non-hydrogen) atoms. The number of carbonyl (C=O) groups is 2. The number of halogens is 2. The van der Waals surface area contributed by atoms with Gasteiger partial charge in [0.1, 0.15) is 0 Å². The van der Waals surface area contributed by atoms with E-state index in [1.807, 2.05) is 0 Å². The van der Waals surface area contributed by atoms with Crippen molar-refractivity contribution >= 4 is 50.7 Å². The van der Waals surface area contributed by atoms with Gasteiger partial charge in [0, 0.05) is 0 Å². The molecule has 0 spiro atoms. The van der Waals surface area contributed by atoms with Crippen molar-refractivity contribution in [2.24, 2.45) is 5.14 Å². The molecule has 1 heterocycles. The molecule has 0 aromatic heterocycles. The predicted molar refractivity (Wildman–Crippen MR) is 107 cm³/mol. The van der Waals surface area contributed by atoms with Gasteiger partial charge >= 0.3 is 0 Å². The Bertz CT molecular complexity index is 1030. The fraction of sp³-hybridized carbons (Fsp3) is 0.222. The summed E-state index contributed by atoms with van der Waals surface area (Å²) in [6, 6.07) is 10.1. The standard InChI is InChI=1S/C18H17Cl2N3O4S/c19-14-6-3-12(9-15(14)20)23-17(24)10-16(18(23)25)22-8-7-11-1-4-13(5-2-11)28(21,26)27/h1-6,9,16,22H,7-8,10H2,(H2,21,26,27)/t16-/m0/s1. The Morgan fingerprint density at radius 2 is 1.75 bits per heavy atom. The van der Waals surface area contributed by atoms with Crippen molar-refractivity contribution in [3.05, 3.63) is 58.1 Å². The summed E-state index contributed by atoms with van der Waals surface area (Å²) in [7, 11) is -3.73. The Labute approximate surface area is 172 Å².